The van der Waals surface area contributed by atoms with Gasteiger partial charge in [-0.3, -0.25) is 9.52 Å². The summed E-state index contributed by atoms with van der Waals surface area (Å²) in [5.74, 6) is -0.0477. The lowest BCUT2D eigenvalue weighted by Gasteiger charge is -2.14. The van der Waals surface area contributed by atoms with Crippen LogP contribution in [0, 0.1) is 0 Å². The maximum atomic E-state index is 12.9. The van der Waals surface area contributed by atoms with E-state index in [4.69, 9.17) is 9.47 Å². The Morgan fingerprint density at radius 2 is 1.87 bits per heavy atom. The van der Waals surface area contributed by atoms with Crippen molar-refractivity contribution >= 4 is 31.5 Å². The largest absolute Gasteiger partial charge is 0.497 e. The molecule has 1 atom stereocenters. The Morgan fingerprint density at radius 3 is 2.50 bits per heavy atom. The first-order chi connectivity index (χ1) is 14.1. The highest BCUT2D eigenvalue weighted by Gasteiger charge is 2.29. The highest BCUT2D eigenvalue weighted by Crippen LogP contribution is 2.29. The molecule has 1 aliphatic rings. The molecule has 2 N–H and O–H groups in total. The molecule has 3 rings (SSSR count). The lowest BCUT2D eigenvalue weighted by Crippen LogP contribution is -2.35. The molecule has 0 saturated carbocycles. The molecule has 11 heteroatoms. The first-order valence-electron chi connectivity index (χ1n) is 9.00. The van der Waals surface area contributed by atoms with Crippen molar-refractivity contribution in [2.75, 3.05) is 30.4 Å². The van der Waals surface area contributed by atoms with Crippen LogP contribution in [0.1, 0.15) is 16.8 Å². The third-order valence-corrected chi connectivity index (χ3v) is 7.78. The predicted molar refractivity (Wildman–Crippen MR) is 111 cm³/mol. The van der Waals surface area contributed by atoms with Crippen LogP contribution < -0.4 is 19.5 Å². The van der Waals surface area contributed by atoms with Crippen molar-refractivity contribution in [3.05, 3.63) is 48.0 Å². The Hall–Kier alpha value is -2.79. The molecule has 162 valence electrons. The predicted octanol–water partition coefficient (Wildman–Crippen LogP) is 1.42. The van der Waals surface area contributed by atoms with Gasteiger partial charge in [-0.2, -0.15) is 0 Å². The summed E-state index contributed by atoms with van der Waals surface area (Å²) >= 11 is 0. The molecular weight excluding hydrogens is 432 g/mol. The van der Waals surface area contributed by atoms with E-state index in [1.807, 2.05) is 0 Å². The number of rotatable bonds is 7. The quantitative estimate of drug-likeness (QED) is 0.648. The maximum Gasteiger partial charge on any atom is 0.265 e. The van der Waals surface area contributed by atoms with Crippen molar-refractivity contribution in [1.82, 2.24) is 5.32 Å². The van der Waals surface area contributed by atoms with Gasteiger partial charge in [0.25, 0.3) is 15.9 Å². The summed E-state index contributed by atoms with van der Waals surface area (Å²) in [5, 5.41) is 2.67. The molecule has 0 aliphatic carbocycles. The molecule has 1 saturated heterocycles. The van der Waals surface area contributed by atoms with Gasteiger partial charge in [0.05, 0.1) is 25.7 Å². The zero-order valence-electron chi connectivity index (χ0n) is 16.4. The van der Waals surface area contributed by atoms with Crippen LogP contribution in [0.3, 0.4) is 0 Å². The first kappa shape index (κ1) is 21.9. The van der Waals surface area contributed by atoms with Crippen molar-refractivity contribution in [2.24, 2.45) is 0 Å². The number of benzene rings is 2. The number of carbonyl (C=O) groups is 1. The zero-order chi connectivity index (χ0) is 21.9. The highest BCUT2D eigenvalue weighted by molar-refractivity contribution is 7.92. The topological polar surface area (TPSA) is 128 Å². The van der Waals surface area contributed by atoms with E-state index in [0.717, 1.165) is 0 Å². The van der Waals surface area contributed by atoms with Crippen LogP contribution in [0.25, 0.3) is 0 Å². The van der Waals surface area contributed by atoms with E-state index in [9.17, 15) is 21.6 Å². The SMILES string of the molecule is COc1ccc(OC)c(S(=O)(=O)Nc2cccc(C(=O)N[C@@H]3CCS(=O)(=O)C3)c2)c1. The number of anilines is 1. The number of hydrogen-bond acceptors (Lipinski definition) is 7. The molecule has 2 aromatic rings. The normalized spacial score (nSPS) is 17.9. The van der Waals surface area contributed by atoms with Crippen molar-refractivity contribution in [2.45, 2.75) is 17.4 Å². The van der Waals surface area contributed by atoms with Gasteiger partial charge in [-0.25, -0.2) is 16.8 Å². The summed E-state index contributed by atoms with van der Waals surface area (Å²) in [4.78, 5) is 12.3. The van der Waals surface area contributed by atoms with E-state index in [0.29, 0.717) is 12.2 Å². The Bertz CT molecular complexity index is 1160. The standard InChI is InChI=1S/C19H22N2O7S2/c1-27-16-6-7-17(28-2)18(11-16)30(25,26)21-14-5-3-4-13(10-14)19(22)20-15-8-9-29(23,24)12-15/h3-7,10-11,15,21H,8-9,12H2,1-2H3,(H,20,22)/t15-/m1/s1. The average molecular weight is 455 g/mol. The smallest absolute Gasteiger partial charge is 0.265 e. The van der Waals surface area contributed by atoms with Gasteiger partial charge in [0.2, 0.25) is 0 Å². The van der Waals surface area contributed by atoms with Crippen molar-refractivity contribution in [1.29, 1.82) is 0 Å². The second-order valence-electron chi connectivity index (χ2n) is 6.78. The number of nitrogens with one attached hydrogen (secondary N) is 2. The molecule has 0 unspecified atom stereocenters. The fraction of sp³-hybridized carbons (Fsp3) is 0.316. The fourth-order valence-corrected chi connectivity index (χ4v) is 6.01. The molecule has 0 spiro atoms. The minimum absolute atomic E-state index is 0.0418. The number of amides is 1. The maximum absolute atomic E-state index is 12.9. The van der Waals surface area contributed by atoms with Gasteiger partial charge in [0, 0.05) is 23.4 Å². The van der Waals surface area contributed by atoms with Gasteiger partial charge >= 0.3 is 0 Å². The Morgan fingerprint density at radius 1 is 1.10 bits per heavy atom. The summed E-state index contributed by atoms with van der Waals surface area (Å²) < 4.78 is 61.5. The van der Waals surface area contributed by atoms with Crippen LogP contribution in [-0.4, -0.2) is 54.5 Å². The lowest BCUT2D eigenvalue weighted by atomic mass is 10.1. The second-order valence-corrected chi connectivity index (χ2v) is 10.7. The van der Waals surface area contributed by atoms with Crippen molar-refractivity contribution in [3.8, 4) is 11.5 Å². The third-order valence-electron chi connectivity index (χ3n) is 4.60. The molecule has 0 bridgehead atoms. The summed E-state index contributed by atoms with van der Waals surface area (Å²) in [5.41, 5.74) is 0.378. The van der Waals surface area contributed by atoms with Gasteiger partial charge in [0.1, 0.15) is 16.4 Å². The molecule has 0 aromatic heterocycles. The van der Waals surface area contributed by atoms with Crippen molar-refractivity contribution in [3.63, 3.8) is 0 Å². The summed E-state index contributed by atoms with van der Waals surface area (Å²) in [6, 6.07) is 9.86. The van der Waals surface area contributed by atoms with E-state index in [1.54, 1.807) is 6.07 Å². The van der Waals surface area contributed by atoms with Gasteiger partial charge in [0.15, 0.2) is 9.84 Å². The Balaban J connectivity index is 1.80. The van der Waals surface area contributed by atoms with E-state index in [1.165, 1.54) is 50.6 Å². The van der Waals surface area contributed by atoms with Crippen LogP contribution in [0.15, 0.2) is 47.4 Å². The van der Waals surface area contributed by atoms with E-state index in [2.05, 4.69) is 10.0 Å². The number of ether oxygens (including phenoxy) is 2. The molecule has 1 heterocycles. The van der Waals surface area contributed by atoms with Crippen molar-refractivity contribution < 1.29 is 31.1 Å². The fourth-order valence-electron chi connectivity index (χ4n) is 3.11. The monoisotopic (exact) mass is 454 g/mol. The number of sulfonamides is 1. The second kappa shape index (κ2) is 8.52. The van der Waals surface area contributed by atoms with E-state index >= 15 is 0 Å². The van der Waals surface area contributed by atoms with E-state index in [-0.39, 0.29) is 33.4 Å². The molecule has 2 aromatic carbocycles. The van der Waals surface area contributed by atoms with Gasteiger partial charge in [-0.1, -0.05) is 6.07 Å². The summed E-state index contributed by atoms with van der Waals surface area (Å²) in [7, 11) is -4.39. The Labute approximate surface area is 175 Å². The number of methoxy groups -OCH3 is 2. The van der Waals surface area contributed by atoms with Crippen LogP contribution in [0.2, 0.25) is 0 Å². The van der Waals surface area contributed by atoms with Crippen LogP contribution >= 0.6 is 0 Å². The lowest BCUT2D eigenvalue weighted by molar-refractivity contribution is 0.0941. The van der Waals surface area contributed by atoms with E-state index < -0.39 is 31.8 Å². The van der Waals surface area contributed by atoms with Crippen LogP contribution in [-0.2, 0) is 19.9 Å². The first-order valence-corrected chi connectivity index (χ1v) is 12.3. The van der Waals surface area contributed by atoms with Crippen LogP contribution in [0.4, 0.5) is 5.69 Å². The molecule has 0 radical (unpaired) electrons. The molecular formula is C19H22N2O7S2. The van der Waals surface area contributed by atoms with Gasteiger partial charge in [-0.15, -0.1) is 0 Å². The minimum atomic E-state index is -4.03. The molecule has 30 heavy (non-hydrogen) atoms. The van der Waals surface area contributed by atoms with Gasteiger partial charge in [-0.05, 0) is 36.8 Å². The minimum Gasteiger partial charge on any atom is -0.497 e. The molecule has 1 amide bonds. The number of hydrogen-bond donors (Lipinski definition) is 2. The van der Waals surface area contributed by atoms with Gasteiger partial charge < -0.3 is 14.8 Å². The summed E-state index contributed by atoms with van der Waals surface area (Å²) in [6.45, 7) is 0. The zero-order valence-corrected chi connectivity index (χ0v) is 18.0. The molecule has 9 nitrogen and oxygen atoms in total. The highest BCUT2D eigenvalue weighted by atomic mass is 32.2. The third kappa shape index (κ3) is 5.03. The average Bonchev–Trinajstić information content (AvgIpc) is 3.05. The molecule has 1 fully saturated rings. The van der Waals surface area contributed by atoms with Crippen LogP contribution in [0.5, 0.6) is 11.5 Å². The summed E-state index contributed by atoms with van der Waals surface area (Å²) in [6.07, 6.45) is 0.357. The number of carbonyl (C=O) groups excluding carboxylic acids is 1. The molecule has 1 aliphatic heterocycles. The number of sulfone groups is 1. The Kier molecular flexibility index (Phi) is 6.22.